The standard InChI is InChI=1S/C20H25FN2O6/c1-28-18(25)12-23(13-19(26)29-2)20(27)15-4-3-9-22(11-15)17(24)10-14-5-7-16(21)8-6-14/h5-8,15H,3-4,9-13H2,1-2H3. The molecule has 1 aliphatic rings. The molecule has 2 amide bonds. The molecule has 0 N–H and O–H groups in total. The number of esters is 2. The molecule has 0 spiro atoms. The van der Waals surface area contributed by atoms with E-state index in [1.165, 1.54) is 26.4 Å². The third kappa shape index (κ3) is 6.55. The van der Waals surface area contributed by atoms with Gasteiger partial charge in [0.15, 0.2) is 0 Å². The summed E-state index contributed by atoms with van der Waals surface area (Å²) in [6.45, 7) is -0.0373. The Balaban J connectivity index is 2.03. The lowest BCUT2D eigenvalue weighted by atomic mass is 9.95. The molecule has 29 heavy (non-hydrogen) atoms. The van der Waals surface area contributed by atoms with Crippen molar-refractivity contribution in [3.05, 3.63) is 35.6 Å². The first kappa shape index (κ1) is 22.3. The Morgan fingerprint density at radius 2 is 1.66 bits per heavy atom. The average molecular weight is 408 g/mol. The first-order valence-electron chi connectivity index (χ1n) is 9.28. The average Bonchev–Trinajstić information content (AvgIpc) is 2.74. The van der Waals surface area contributed by atoms with Crippen LogP contribution in [0.4, 0.5) is 4.39 Å². The van der Waals surface area contributed by atoms with E-state index in [0.717, 1.165) is 4.90 Å². The van der Waals surface area contributed by atoms with E-state index in [0.29, 0.717) is 24.9 Å². The van der Waals surface area contributed by atoms with Crippen molar-refractivity contribution in [1.29, 1.82) is 0 Å². The van der Waals surface area contributed by atoms with Crippen molar-refractivity contribution < 1.29 is 33.0 Å². The van der Waals surface area contributed by atoms with Crippen molar-refractivity contribution >= 4 is 23.8 Å². The summed E-state index contributed by atoms with van der Waals surface area (Å²) in [5, 5.41) is 0. The molecule has 1 aliphatic heterocycles. The van der Waals surface area contributed by atoms with Gasteiger partial charge in [0.2, 0.25) is 11.8 Å². The molecule has 158 valence electrons. The van der Waals surface area contributed by atoms with E-state index < -0.39 is 23.8 Å². The molecule has 0 saturated carbocycles. The number of ether oxygens (including phenoxy) is 2. The highest BCUT2D eigenvalue weighted by molar-refractivity contribution is 5.88. The number of piperidine rings is 1. The molecule has 0 bridgehead atoms. The summed E-state index contributed by atoms with van der Waals surface area (Å²) >= 11 is 0. The zero-order chi connectivity index (χ0) is 21.4. The summed E-state index contributed by atoms with van der Waals surface area (Å²) in [6.07, 6.45) is 1.27. The summed E-state index contributed by atoms with van der Waals surface area (Å²) < 4.78 is 22.2. The van der Waals surface area contributed by atoms with Gasteiger partial charge in [-0.15, -0.1) is 0 Å². The molecule has 1 fully saturated rings. The van der Waals surface area contributed by atoms with Crippen LogP contribution in [-0.4, -0.2) is 74.0 Å². The molecule has 1 aromatic rings. The molecule has 2 rings (SSSR count). The number of benzene rings is 1. The zero-order valence-corrected chi connectivity index (χ0v) is 16.6. The Morgan fingerprint density at radius 1 is 1.07 bits per heavy atom. The molecule has 0 aliphatic carbocycles. The predicted molar refractivity (Wildman–Crippen MR) is 100 cm³/mol. The van der Waals surface area contributed by atoms with Crippen LogP contribution in [0.5, 0.6) is 0 Å². The van der Waals surface area contributed by atoms with Crippen molar-refractivity contribution in [3.8, 4) is 0 Å². The van der Waals surface area contributed by atoms with Gasteiger partial charge in [-0.1, -0.05) is 12.1 Å². The maximum atomic E-state index is 13.0. The second kappa shape index (κ2) is 10.5. The van der Waals surface area contributed by atoms with Gasteiger partial charge in [0.25, 0.3) is 0 Å². The highest BCUT2D eigenvalue weighted by Gasteiger charge is 2.33. The van der Waals surface area contributed by atoms with Crippen LogP contribution < -0.4 is 0 Å². The largest absolute Gasteiger partial charge is 0.468 e. The molecule has 1 atom stereocenters. The van der Waals surface area contributed by atoms with Crippen LogP contribution in [0.15, 0.2) is 24.3 Å². The van der Waals surface area contributed by atoms with Crippen molar-refractivity contribution in [1.82, 2.24) is 9.80 Å². The van der Waals surface area contributed by atoms with E-state index in [-0.39, 0.29) is 37.8 Å². The van der Waals surface area contributed by atoms with Gasteiger partial charge in [-0.3, -0.25) is 19.2 Å². The highest BCUT2D eigenvalue weighted by Crippen LogP contribution is 2.20. The molecule has 1 heterocycles. The molecule has 1 unspecified atom stereocenters. The van der Waals surface area contributed by atoms with Gasteiger partial charge < -0.3 is 19.3 Å². The Hall–Kier alpha value is -2.97. The van der Waals surface area contributed by atoms with E-state index in [1.807, 2.05) is 0 Å². The van der Waals surface area contributed by atoms with Crippen LogP contribution in [0, 0.1) is 11.7 Å². The Morgan fingerprint density at radius 3 is 2.21 bits per heavy atom. The lowest BCUT2D eigenvalue weighted by molar-refractivity contribution is -0.155. The van der Waals surface area contributed by atoms with Gasteiger partial charge in [0.05, 0.1) is 26.6 Å². The van der Waals surface area contributed by atoms with E-state index in [9.17, 15) is 23.6 Å². The van der Waals surface area contributed by atoms with E-state index in [4.69, 9.17) is 0 Å². The quantitative estimate of drug-likeness (QED) is 0.619. The number of carbonyl (C=O) groups is 4. The van der Waals surface area contributed by atoms with Crippen LogP contribution in [0.3, 0.4) is 0 Å². The van der Waals surface area contributed by atoms with Crippen molar-refractivity contribution in [2.45, 2.75) is 19.3 Å². The zero-order valence-electron chi connectivity index (χ0n) is 16.6. The Kier molecular flexibility index (Phi) is 8.11. The number of carbonyl (C=O) groups excluding carboxylic acids is 4. The lowest BCUT2D eigenvalue weighted by Crippen LogP contribution is -2.49. The summed E-state index contributed by atoms with van der Waals surface area (Å²) in [4.78, 5) is 51.4. The van der Waals surface area contributed by atoms with Crippen LogP contribution in [0.2, 0.25) is 0 Å². The van der Waals surface area contributed by atoms with Crippen molar-refractivity contribution in [2.75, 3.05) is 40.4 Å². The summed E-state index contributed by atoms with van der Waals surface area (Å²) in [5.41, 5.74) is 0.683. The fourth-order valence-electron chi connectivity index (χ4n) is 3.20. The number of methoxy groups -OCH3 is 2. The van der Waals surface area contributed by atoms with Gasteiger partial charge >= 0.3 is 11.9 Å². The smallest absolute Gasteiger partial charge is 0.325 e. The molecule has 1 saturated heterocycles. The third-order valence-electron chi connectivity index (χ3n) is 4.80. The van der Waals surface area contributed by atoms with Gasteiger partial charge in [-0.05, 0) is 30.5 Å². The number of likely N-dealkylation sites (tertiary alicyclic amines) is 1. The topological polar surface area (TPSA) is 93.2 Å². The second-order valence-corrected chi connectivity index (χ2v) is 6.83. The molecule has 0 aromatic heterocycles. The highest BCUT2D eigenvalue weighted by atomic mass is 19.1. The van der Waals surface area contributed by atoms with Gasteiger partial charge in [0.1, 0.15) is 18.9 Å². The van der Waals surface area contributed by atoms with E-state index in [2.05, 4.69) is 9.47 Å². The van der Waals surface area contributed by atoms with E-state index >= 15 is 0 Å². The SMILES string of the molecule is COC(=O)CN(CC(=O)OC)C(=O)C1CCCN(C(=O)Cc2ccc(F)cc2)C1. The Bertz CT molecular complexity index is 734. The van der Waals surface area contributed by atoms with E-state index in [1.54, 1.807) is 17.0 Å². The summed E-state index contributed by atoms with van der Waals surface area (Å²) in [7, 11) is 2.39. The molecular formula is C20H25FN2O6. The van der Waals surface area contributed by atoms with Gasteiger partial charge in [0, 0.05) is 13.1 Å². The first-order chi connectivity index (χ1) is 13.8. The minimum atomic E-state index is -0.651. The first-order valence-corrected chi connectivity index (χ1v) is 9.28. The fraction of sp³-hybridized carbons (Fsp3) is 0.500. The maximum Gasteiger partial charge on any atom is 0.325 e. The van der Waals surface area contributed by atoms with Crippen LogP contribution in [0.1, 0.15) is 18.4 Å². The fourth-order valence-corrected chi connectivity index (χ4v) is 3.20. The molecule has 0 radical (unpaired) electrons. The number of hydrogen-bond donors (Lipinski definition) is 0. The molecule has 9 heteroatoms. The molecular weight excluding hydrogens is 383 g/mol. The second-order valence-electron chi connectivity index (χ2n) is 6.83. The lowest BCUT2D eigenvalue weighted by Gasteiger charge is -2.34. The monoisotopic (exact) mass is 408 g/mol. The number of halogens is 1. The number of rotatable bonds is 7. The molecule has 1 aromatic carbocycles. The number of amides is 2. The normalized spacial score (nSPS) is 16.1. The van der Waals surface area contributed by atoms with Crippen LogP contribution in [0.25, 0.3) is 0 Å². The maximum absolute atomic E-state index is 13.0. The Labute approximate surface area is 168 Å². The minimum Gasteiger partial charge on any atom is -0.468 e. The molecule has 8 nitrogen and oxygen atoms in total. The van der Waals surface area contributed by atoms with Crippen LogP contribution >= 0.6 is 0 Å². The number of nitrogens with zero attached hydrogens (tertiary/aromatic N) is 2. The van der Waals surface area contributed by atoms with Gasteiger partial charge in [-0.2, -0.15) is 0 Å². The third-order valence-corrected chi connectivity index (χ3v) is 4.80. The minimum absolute atomic E-state index is 0.106. The van der Waals surface area contributed by atoms with Gasteiger partial charge in [-0.25, -0.2) is 4.39 Å². The number of hydrogen-bond acceptors (Lipinski definition) is 6. The van der Waals surface area contributed by atoms with Crippen molar-refractivity contribution in [3.63, 3.8) is 0 Å². The summed E-state index contributed by atoms with van der Waals surface area (Å²) in [6, 6.07) is 5.69. The summed E-state index contributed by atoms with van der Waals surface area (Å²) in [5.74, 6) is -2.78. The van der Waals surface area contributed by atoms with Crippen molar-refractivity contribution in [2.24, 2.45) is 5.92 Å². The van der Waals surface area contributed by atoms with Crippen LogP contribution in [-0.2, 0) is 35.1 Å². The predicted octanol–water partition coefficient (Wildman–Crippen LogP) is 0.781.